The van der Waals surface area contributed by atoms with Gasteiger partial charge in [-0.15, -0.1) is 0 Å². The third-order valence-electron chi connectivity index (χ3n) is 5.77. The third-order valence-corrected chi connectivity index (χ3v) is 5.77. The zero-order chi connectivity index (χ0) is 22.1. The van der Waals surface area contributed by atoms with Gasteiger partial charge in [-0.25, -0.2) is 0 Å². The number of aliphatic imine (C=N–C) groups is 1. The lowest BCUT2D eigenvalue weighted by atomic mass is 10.2. The summed E-state index contributed by atoms with van der Waals surface area (Å²) in [5.74, 6) is 1.36. The molecule has 1 aromatic heterocycles. The van der Waals surface area contributed by atoms with Crippen molar-refractivity contribution in [3.63, 3.8) is 0 Å². The number of aryl methyl sites for hydroxylation is 1. The van der Waals surface area contributed by atoms with E-state index >= 15 is 0 Å². The van der Waals surface area contributed by atoms with E-state index in [0.29, 0.717) is 25.4 Å². The average Bonchev–Trinajstić information content (AvgIpc) is 3.45. The van der Waals surface area contributed by atoms with Crippen LogP contribution in [0.15, 0.2) is 21.7 Å². The molecule has 2 fully saturated rings. The number of piperazine rings is 1. The minimum absolute atomic E-state index is 0.182. The SMILES string of the molecule is CCNC(=NCCCNC(=O)c1occc1C)N1CCN(CC(=O)N2CCCC2)CC1. The number of nitrogens with one attached hydrogen (secondary N) is 2. The van der Waals surface area contributed by atoms with Gasteiger partial charge in [0.15, 0.2) is 11.7 Å². The first-order chi connectivity index (χ1) is 15.1. The molecule has 3 heterocycles. The van der Waals surface area contributed by atoms with Crippen LogP contribution in [0.3, 0.4) is 0 Å². The summed E-state index contributed by atoms with van der Waals surface area (Å²) in [6, 6.07) is 1.78. The number of nitrogens with zero attached hydrogens (tertiary/aromatic N) is 4. The second-order valence-electron chi connectivity index (χ2n) is 8.13. The highest BCUT2D eigenvalue weighted by molar-refractivity contribution is 5.92. The second-order valence-corrected chi connectivity index (χ2v) is 8.13. The fourth-order valence-electron chi connectivity index (χ4n) is 3.95. The zero-order valence-corrected chi connectivity index (χ0v) is 18.9. The molecular weight excluding hydrogens is 396 g/mol. The number of amides is 2. The maximum atomic E-state index is 12.4. The van der Waals surface area contributed by atoms with Gasteiger partial charge in [0.2, 0.25) is 5.91 Å². The van der Waals surface area contributed by atoms with Gasteiger partial charge in [-0.2, -0.15) is 0 Å². The molecule has 0 aliphatic carbocycles. The quantitative estimate of drug-likeness (QED) is 0.360. The van der Waals surface area contributed by atoms with Crippen molar-refractivity contribution in [3.05, 3.63) is 23.7 Å². The van der Waals surface area contributed by atoms with Crippen LogP contribution < -0.4 is 10.6 Å². The van der Waals surface area contributed by atoms with Crippen molar-refractivity contribution in [2.45, 2.75) is 33.1 Å². The molecule has 9 heteroatoms. The van der Waals surface area contributed by atoms with E-state index in [1.807, 2.05) is 11.8 Å². The number of hydrogen-bond donors (Lipinski definition) is 2. The predicted octanol–water partition coefficient (Wildman–Crippen LogP) is 0.913. The summed E-state index contributed by atoms with van der Waals surface area (Å²) in [4.78, 5) is 35.7. The van der Waals surface area contributed by atoms with Gasteiger partial charge in [0.25, 0.3) is 5.91 Å². The van der Waals surface area contributed by atoms with E-state index in [9.17, 15) is 9.59 Å². The highest BCUT2D eigenvalue weighted by atomic mass is 16.3. The summed E-state index contributed by atoms with van der Waals surface area (Å²) in [6.07, 6.45) is 4.55. The van der Waals surface area contributed by atoms with E-state index in [-0.39, 0.29) is 11.8 Å². The molecule has 172 valence electrons. The van der Waals surface area contributed by atoms with Crippen molar-refractivity contribution in [3.8, 4) is 0 Å². The Morgan fingerprint density at radius 1 is 1.06 bits per heavy atom. The van der Waals surface area contributed by atoms with E-state index in [2.05, 4.69) is 27.4 Å². The molecule has 0 bridgehead atoms. The topological polar surface area (TPSA) is 93.4 Å². The Balaban J connectivity index is 1.38. The van der Waals surface area contributed by atoms with Gasteiger partial charge in [0, 0.05) is 64.5 Å². The molecule has 0 unspecified atom stereocenters. The number of rotatable bonds is 8. The molecule has 0 aromatic carbocycles. The van der Waals surface area contributed by atoms with Gasteiger partial charge >= 0.3 is 0 Å². The van der Waals surface area contributed by atoms with Gasteiger partial charge < -0.3 is 24.9 Å². The summed E-state index contributed by atoms with van der Waals surface area (Å²) < 4.78 is 5.21. The Kier molecular flexibility index (Phi) is 8.75. The maximum Gasteiger partial charge on any atom is 0.287 e. The Morgan fingerprint density at radius 3 is 2.45 bits per heavy atom. The lowest BCUT2D eigenvalue weighted by Gasteiger charge is -2.36. The van der Waals surface area contributed by atoms with E-state index in [0.717, 1.165) is 76.6 Å². The average molecular weight is 433 g/mol. The van der Waals surface area contributed by atoms with E-state index in [1.165, 1.54) is 6.26 Å². The third kappa shape index (κ3) is 6.72. The predicted molar refractivity (Wildman–Crippen MR) is 120 cm³/mol. The standard InChI is InChI=1S/C22H36N6O3/c1-3-23-22(25-9-6-8-24-21(30)20-18(2)7-16-31-20)28-14-12-26(13-15-28)17-19(29)27-10-4-5-11-27/h7,16H,3-6,8-15,17H2,1-2H3,(H,23,25)(H,24,30). The molecule has 0 radical (unpaired) electrons. The van der Waals surface area contributed by atoms with Crippen LogP contribution >= 0.6 is 0 Å². The molecule has 31 heavy (non-hydrogen) atoms. The molecule has 2 saturated heterocycles. The number of hydrogen-bond acceptors (Lipinski definition) is 5. The first-order valence-corrected chi connectivity index (χ1v) is 11.4. The molecule has 9 nitrogen and oxygen atoms in total. The van der Waals surface area contributed by atoms with Gasteiger partial charge in [0.1, 0.15) is 0 Å². The molecule has 2 aliphatic heterocycles. The van der Waals surface area contributed by atoms with Crippen LogP contribution in [0.25, 0.3) is 0 Å². The van der Waals surface area contributed by atoms with Crippen LogP contribution in [0.2, 0.25) is 0 Å². The fraction of sp³-hybridized carbons (Fsp3) is 0.682. The smallest absolute Gasteiger partial charge is 0.287 e. The highest BCUT2D eigenvalue weighted by Crippen LogP contribution is 2.10. The van der Waals surface area contributed by atoms with Crippen LogP contribution in [-0.4, -0.2) is 97.9 Å². The summed E-state index contributed by atoms with van der Waals surface area (Å²) in [7, 11) is 0. The van der Waals surface area contributed by atoms with Crippen LogP contribution in [0.1, 0.15) is 42.3 Å². The molecule has 3 rings (SSSR count). The van der Waals surface area contributed by atoms with Gasteiger partial charge in [-0.05, 0) is 39.2 Å². The van der Waals surface area contributed by atoms with Crippen molar-refractivity contribution in [1.29, 1.82) is 0 Å². The number of carbonyl (C=O) groups excluding carboxylic acids is 2. The number of likely N-dealkylation sites (tertiary alicyclic amines) is 1. The molecule has 2 N–H and O–H groups in total. The first kappa shape index (κ1) is 23.1. The van der Waals surface area contributed by atoms with Crippen LogP contribution in [0.5, 0.6) is 0 Å². The largest absolute Gasteiger partial charge is 0.459 e. The van der Waals surface area contributed by atoms with E-state index in [4.69, 9.17) is 9.41 Å². The van der Waals surface area contributed by atoms with Crippen molar-refractivity contribution in [2.24, 2.45) is 4.99 Å². The van der Waals surface area contributed by atoms with Gasteiger partial charge in [0.05, 0.1) is 12.8 Å². The molecular formula is C22H36N6O3. The Hall–Kier alpha value is -2.55. The van der Waals surface area contributed by atoms with E-state index in [1.54, 1.807) is 6.07 Å². The number of guanidine groups is 1. The maximum absolute atomic E-state index is 12.4. The summed E-state index contributed by atoms with van der Waals surface area (Å²) in [5.41, 5.74) is 0.839. The molecule has 0 saturated carbocycles. The van der Waals surface area contributed by atoms with Crippen LogP contribution in [0.4, 0.5) is 0 Å². The van der Waals surface area contributed by atoms with E-state index < -0.39 is 0 Å². The Bertz CT molecular complexity index is 748. The lowest BCUT2D eigenvalue weighted by molar-refractivity contribution is -0.131. The van der Waals surface area contributed by atoms with Crippen molar-refractivity contribution in [2.75, 3.05) is 65.4 Å². The highest BCUT2D eigenvalue weighted by Gasteiger charge is 2.24. The van der Waals surface area contributed by atoms with Crippen LogP contribution in [0, 0.1) is 6.92 Å². The number of furan rings is 1. The van der Waals surface area contributed by atoms with Crippen molar-refractivity contribution < 1.29 is 14.0 Å². The normalized spacial score (nSPS) is 17.8. The van der Waals surface area contributed by atoms with Crippen LogP contribution in [-0.2, 0) is 4.79 Å². The molecule has 0 atom stereocenters. The lowest BCUT2D eigenvalue weighted by Crippen LogP contribution is -2.54. The molecule has 1 aromatic rings. The van der Waals surface area contributed by atoms with Gasteiger partial charge in [-0.1, -0.05) is 0 Å². The van der Waals surface area contributed by atoms with Crippen molar-refractivity contribution >= 4 is 17.8 Å². The summed E-state index contributed by atoms with van der Waals surface area (Å²) in [6.45, 7) is 11.7. The number of carbonyl (C=O) groups is 2. The molecule has 2 amide bonds. The zero-order valence-electron chi connectivity index (χ0n) is 18.9. The van der Waals surface area contributed by atoms with Crippen molar-refractivity contribution in [1.82, 2.24) is 25.3 Å². The van der Waals surface area contributed by atoms with Gasteiger partial charge in [-0.3, -0.25) is 19.5 Å². The monoisotopic (exact) mass is 432 g/mol. The molecule has 0 spiro atoms. The fourth-order valence-corrected chi connectivity index (χ4v) is 3.95. The summed E-state index contributed by atoms with van der Waals surface area (Å²) in [5, 5.41) is 6.24. The Morgan fingerprint density at radius 2 is 1.81 bits per heavy atom. The summed E-state index contributed by atoms with van der Waals surface area (Å²) >= 11 is 0. The first-order valence-electron chi connectivity index (χ1n) is 11.4. The minimum atomic E-state index is -0.182. The minimum Gasteiger partial charge on any atom is -0.459 e. The second kappa shape index (κ2) is 11.7. The Labute approximate surface area is 184 Å². The molecule has 2 aliphatic rings.